The molecule has 14 unspecified atom stereocenters. The second-order valence-electron chi connectivity index (χ2n) is 36.3. The van der Waals surface area contributed by atoms with Crippen LogP contribution in [0, 0.1) is 0 Å². The molecular weight excluding hydrogens is 1710 g/mol. The molecule has 0 aliphatic carbocycles. The van der Waals surface area contributed by atoms with Gasteiger partial charge in [0.25, 0.3) is 0 Å². The monoisotopic (exact) mass is 1880 g/mol. The fourth-order valence-electron chi connectivity index (χ4n) is 17.9. The van der Waals surface area contributed by atoms with Gasteiger partial charge in [-0.15, -0.1) is 0 Å². The summed E-state index contributed by atoms with van der Waals surface area (Å²) in [5.41, 5.74) is 0. The van der Waals surface area contributed by atoms with Gasteiger partial charge < -0.3 is 184 Å². The van der Waals surface area contributed by atoms with Crippen molar-refractivity contribution in [1.82, 2.24) is 16.0 Å². The van der Waals surface area contributed by atoms with Crippen molar-refractivity contribution in [3.8, 4) is 0 Å². The van der Waals surface area contributed by atoms with Gasteiger partial charge in [0.2, 0.25) is 17.7 Å². The van der Waals surface area contributed by atoms with Crippen LogP contribution in [0.15, 0.2) is 12.2 Å². The third kappa shape index (κ3) is 35.3. The van der Waals surface area contributed by atoms with E-state index < -0.39 is 285 Å². The van der Waals surface area contributed by atoms with E-state index in [-0.39, 0.29) is 12.3 Å². The van der Waals surface area contributed by atoms with E-state index in [0.29, 0.717) is 12.8 Å². The number of hydrogen-bond donors (Lipinski definition) is 23. The van der Waals surface area contributed by atoms with Gasteiger partial charge in [0.15, 0.2) is 44.0 Å². The Hall–Kier alpha value is -3.21. The maximum absolute atomic E-state index is 13.6. The van der Waals surface area contributed by atoms with Crippen molar-refractivity contribution in [2.75, 3.05) is 46.2 Å². The number of ether oxygens (including phenoxy) is 14. The van der Waals surface area contributed by atoms with Gasteiger partial charge in [-0.3, -0.25) is 14.4 Å². The highest BCUT2D eigenvalue weighted by atomic mass is 16.8. The van der Waals surface area contributed by atoms with Gasteiger partial charge in [-0.25, -0.2) is 0 Å². The Morgan fingerprint density at radius 3 is 1.14 bits per heavy atom. The summed E-state index contributed by atoms with van der Waals surface area (Å²) >= 11 is 0. The normalized spacial score (nSPS) is 37.3. The minimum absolute atomic E-state index is 0.166. The van der Waals surface area contributed by atoms with Crippen molar-refractivity contribution < 1.29 is 183 Å². The topological polar surface area (TPSA) is 621 Å². The number of unbranched alkanes of at least 4 members (excludes halogenated alkanes) is 33. The summed E-state index contributed by atoms with van der Waals surface area (Å²) in [6, 6.07) is -4.71. The SMILES string of the molecule is CCCCCCCCCCCCC/C=C/[C@@H](O)[C@H](CO[C@@H]1OC(CO)[C@@H](O[C@@H]2OC(CO)[C@H](O[C@@H]3OC(CO)[C@H](O)[C@H](O[C@@H]4OC(CO[C@@H]5OC(CO)[C@@H](O)[C@H](O[C@H]6C(O)[C@H](O)C(C)O[C@H]6O)C5NC(C)=O)[C@H](O)[C@H](O[C@@H]5OC(CO)[C@H](O)[C@H](O)C5O)C4NC(C)=O)C3O)[C@H](O)C2O)[C@H](O)C1O)NC(=O)CCCCCCCCCCCCCCCCCCCCCCCCC. The minimum atomic E-state index is -2.36. The molecule has 0 aromatic carbocycles. The Bertz CT molecular complexity index is 3060. The molecule has 0 aromatic rings. The smallest absolute Gasteiger partial charge is 0.220 e. The number of nitrogens with one attached hydrogen (secondary N) is 3. The number of allylic oxidation sites excluding steroid dienone is 1. The highest BCUT2D eigenvalue weighted by molar-refractivity contribution is 5.76. The molecule has 0 radical (unpaired) electrons. The van der Waals surface area contributed by atoms with Crippen LogP contribution in [0.3, 0.4) is 0 Å². The predicted octanol–water partition coefficient (Wildman–Crippen LogP) is -0.451. The van der Waals surface area contributed by atoms with Crippen molar-refractivity contribution in [1.29, 1.82) is 0 Å². The van der Waals surface area contributed by atoms with Crippen LogP contribution < -0.4 is 16.0 Å². The molecule has 37 atom stereocenters. The van der Waals surface area contributed by atoms with Gasteiger partial charge in [0.1, 0.15) is 165 Å². The molecule has 0 saturated carbocycles. The zero-order valence-electron chi connectivity index (χ0n) is 76.8. The van der Waals surface area contributed by atoms with Crippen LogP contribution in [-0.4, -0.2) is 393 Å². The Labute approximate surface area is 764 Å². The summed E-state index contributed by atoms with van der Waals surface area (Å²) in [4.78, 5) is 39.8. The molecule has 23 N–H and O–H groups in total. The lowest BCUT2D eigenvalue weighted by molar-refractivity contribution is -0.390. The Morgan fingerprint density at radius 1 is 0.331 bits per heavy atom. The van der Waals surface area contributed by atoms with Crippen molar-refractivity contribution in [3.05, 3.63) is 12.2 Å². The molecule has 7 saturated heterocycles. The molecule has 7 aliphatic rings. The molecule has 40 nitrogen and oxygen atoms in total. The van der Waals surface area contributed by atoms with E-state index in [4.69, 9.17) is 66.3 Å². The molecule has 0 spiro atoms. The van der Waals surface area contributed by atoms with E-state index in [2.05, 4.69) is 29.8 Å². The number of carbonyl (C=O) groups excluding carboxylic acids is 3. The van der Waals surface area contributed by atoms with Crippen LogP contribution >= 0.6 is 0 Å². The Morgan fingerprint density at radius 2 is 0.677 bits per heavy atom. The van der Waals surface area contributed by atoms with Crippen LogP contribution in [0.5, 0.6) is 0 Å². The maximum atomic E-state index is 13.6. The molecule has 0 aromatic heterocycles. The standard InChI is InChI=1S/C90H163N3O37/c1-6-8-10-12-14-16-18-20-21-22-23-24-25-26-27-28-29-31-33-35-37-39-41-43-62(102)93-54(55(101)42-40-38-36-34-32-30-19-17-15-13-11-9-7-2)49-117-87-75(113)72(110)78(59(47-97)123-87)127-89-76(114)73(111)79(60(48-98)124-89)128-90-77(115)82(68(106)58(46-96)122-90)130-86-64(92-53(5)100)81(129-88-74(112)70(108)66(104)56(44-94)121-88)69(107)61(125-86)50-118-85-63(91-52(4)99)80(67(105)57(45-95)120-85)126-83-71(109)65(103)51(3)119-84(83)116/h40,42,51,54-61,63-90,94-98,101,103-116H,6-39,41,43-50H2,1-5H3,(H,91,99)(H,92,100)(H,93,102)/b42-40+/t51?,54-,55+,56?,57?,58?,59?,60?,61?,63?,64?,65+,66-,67+,68-,69-,70-,71?,72+,73+,74?,75?,76?,77?,78+,79-,80+,81+,82-,83-,84+,85+,86-,87+,88-,89-,90-/m0/s1. The molecule has 760 valence electrons. The fourth-order valence-corrected chi connectivity index (χ4v) is 17.9. The van der Waals surface area contributed by atoms with Gasteiger partial charge in [0.05, 0.1) is 64.5 Å². The van der Waals surface area contributed by atoms with E-state index >= 15 is 0 Å². The zero-order chi connectivity index (χ0) is 94.9. The van der Waals surface area contributed by atoms with E-state index in [0.717, 1.165) is 65.2 Å². The lowest BCUT2D eigenvalue weighted by Gasteiger charge is -2.51. The number of rotatable bonds is 62. The van der Waals surface area contributed by atoms with Gasteiger partial charge in [-0.1, -0.05) is 231 Å². The summed E-state index contributed by atoms with van der Waals surface area (Å²) in [5.74, 6) is -2.11. The molecule has 7 fully saturated rings. The number of carbonyl (C=O) groups is 3. The summed E-state index contributed by atoms with van der Waals surface area (Å²) in [6.45, 7) is 1.22. The first kappa shape index (κ1) is 114. The van der Waals surface area contributed by atoms with E-state index in [1.54, 1.807) is 6.08 Å². The average molecular weight is 1880 g/mol. The fraction of sp³-hybridized carbons (Fsp3) is 0.944. The second kappa shape index (κ2) is 61.3. The van der Waals surface area contributed by atoms with Crippen molar-refractivity contribution >= 4 is 17.7 Å². The second-order valence-corrected chi connectivity index (χ2v) is 36.3. The van der Waals surface area contributed by atoms with Crippen molar-refractivity contribution in [2.45, 2.75) is 493 Å². The largest absolute Gasteiger partial charge is 0.394 e. The molecule has 0 bridgehead atoms. The minimum Gasteiger partial charge on any atom is -0.394 e. The third-order valence-corrected chi connectivity index (χ3v) is 25.8. The first-order valence-electron chi connectivity index (χ1n) is 48.3. The van der Waals surface area contributed by atoms with E-state index in [1.807, 2.05) is 6.08 Å². The lowest BCUT2D eigenvalue weighted by atomic mass is 9.93. The summed E-state index contributed by atoms with van der Waals surface area (Å²) in [5, 5.41) is 233. The third-order valence-electron chi connectivity index (χ3n) is 25.8. The zero-order valence-corrected chi connectivity index (χ0v) is 76.8. The summed E-state index contributed by atoms with van der Waals surface area (Å²) in [6.07, 6.45) is -20.3. The van der Waals surface area contributed by atoms with Crippen LogP contribution in [0.2, 0.25) is 0 Å². The Balaban J connectivity index is 0.982. The molecular formula is C90H163N3O37. The van der Waals surface area contributed by atoms with Crippen LogP contribution in [0.4, 0.5) is 0 Å². The van der Waals surface area contributed by atoms with E-state index in [1.165, 1.54) is 167 Å². The van der Waals surface area contributed by atoms with Crippen molar-refractivity contribution in [2.24, 2.45) is 0 Å². The van der Waals surface area contributed by atoms with Gasteiger partial charge >= 0.3 is 0 Å². The molecule has 7 aliphatic heterocycles. The highest BCUT2D eigenvalue weighted by Crippen LogP contribution is 2.39. The van der Waals surface area contributed by atoms with E-state index in [9.17, 15) is 117 Å². The summed E-state index contributed by atoms with van der Waals surface area (Å²) < 4.78 is 83.3. The van der Waals surface area contributed by atoms with Crippen molar-refractivity contribution in [3.63, 3.8) is 0 Å². The molecule has 7 rings (SSSR count). The lowest BCUT2D eigenvalue weighted by Crippen LogP contribution is -2.71. The van der Waals surface area contributed by atoms with Gasteiger partial charge in [-0.05, 0) is 26.2 Å². The molecule has 130 heavy (non-hydrogen) atoms. The molecule has 7 heterocycles. The quantitative estimate of drug-likeness (QED) is 0.0271. The van der Waals surface area contributed by atoms with Crippen LogP contribution in [0.25, 0.3) is 0 Å². The first-order chi connectivity index (χ1) is 62.5. The van der Waals surface area contributed by atoms with Crippen LogP contribution in [-0.2, 0) is 80.7 Å². The number of aliphatic hydroxyl groups excluding tert-OH is 20. The molecule has 3 amide bonds. The number of hydrogen-bond acceptors (Lipinski definition) is 37. The number of amides is 3. The number of aliphatic hydroxyl groups is 20. The average Bonchev–Trinajstić information content (AvgIpc) is 0.773. The molecule has 40 heteroatoms. The summed E-state index contributed by atoms with van der Waals surface area (Å²) in [7, 11) is 0. The first-order valence-corrected chi connectivity index (χ1v) is 48.3. The maximum Gasteiger partial charge on any atom is 0.220 e. The van der Waals surface area contributed by atoms with Crippen LogP contribution in [0.1, 0.15) is 266 Å². The predicted molar refractivity (Wildman–Crippen MR) is 462 cm³/mol. The van der Waals surface area contributed by atoms with Gasteiger partial charge in [0, 0.05) is 20.3 Å². The Kier molecular flexibility index (Phi) is 53.6. The highest BCUT2D eigenvalue weighted by Gasteiger charge is 2.59. The van der Waals surface area contributed by atoms with Gasteiger partial charge in [-0.2, -0.15) is 0 Å².